The monoisotopic (exact) mass is 416 g/mol. The molecule has 1 heterocycles. The molecule has 0 atom stereocenters. The van der Waals surface area contributed by atoms with Crippen molar-refractivity contribution in [2.24, 2.45) is 21.9 Å². The number of Topliss-reactive ketones (excluding diaryl/α,β-unsaturated/α-hetero) is 1. The Labute approximate surface area is 175 Å². The van der Waals surface area contributed by atoms with E-state index in [-0.39, 0.29) is 29.9 Å². The summed E-state index contributed by atoms with van der Waals surface area (Å²) in [7, 11) is 0. The fourth-order valence-corrected chi connectivity index (χ4v) is 3.03. The van der Waals surface area contributed by atoms with Crippen LogP contribution in [0.4, 0.5) is 10.5 Å². The van der Waals surface area contributed by atoms with Gasteiger partial charge in [-0.15, -0.1) is 0 Å². The van der Waals surface area contributed by atoms with Crippen LogP contribution in [0.25, 0.3) is 0 Å². The topological polar surface area (TPSA) is 135 Å². The van der Waals surface area contributed by atoms with Crippen molar-refractivity contribution in [3.8, 4) is 0 Å². The van der Waals surface area contributed by atoms with E-state index < -0.39 is 11.6 Å². The van der Waals surface area contributed by atoms with Crippen LogP contribution in [0.2, 0.25) is 0 Å². The van der Waals surface area contributed by atoms with Gasteiger partial charge in [-0.25, -0.2) is 4.79 Å². The Bertz CT molecular complexity index is 832. The number of ketones is 1. The molecule has 30 heavy (non-hydrogen) atoms. The van der Waals surface area contributed by atoms with Crippen molar-refractivity contribution in [2.45, 2.75) is 45.6 Å². The molecule has 3 N–H and O–H groups in total. The maximum atomic E-state index is 12.8. The third-order valence-electron chi connectivity index (χ3n) is 4.53. The standard InChI is InChI=1S/C21H28N4O5/c1-21(2,3)30-20(29)25-10-8-15(9-11-25)19(28)14-4-6-16(7-5-14)23-13-17(24-22)12-18(26)27/h4-7,13,15H,8-12,22H2,1-3H3,(H,26,27). The molecule has 162 valence electrons. The molecule has 2 rings (SSSR count). The van der Waals surface area contributed by atoms with Crippen LogP contribution in [0.15, 0.2) is 34.4 Å². The van der Waals surface area contributed by atoms with Crippen molar-refractivity contribution in [1.29, 1.82) is 0 Å². The number of benzene rings is 1. The normalized spacial score (nSPS) is 16.0. The molecule has 1 amide bonds. The lowest BCUT2D eigenvalue weighted by molar-refractivity contribution is -0.135. The molecule has 1 aliphatic rings. The fourth-order valence-electron chi connectivity index (χ4n) is 3.03. The molecule has 0 radical (unpaired) electrons. The minimum atomic E-state index is -1.05. The number of carbonyl (C=O) groups excluding carboxylic acids is 2. The first-order valence-electron chi connectivity index (χ1n) is 9.74. The van der Waals surface area contributed by atoms with E-state index >= 15 is 0 Å². The zero-order valence-electron chi connectivity index (χ0n) is 17.5. The first-order chi connectivity index (χ1) is 14.1. The Morgan fingerprint density at radius 1 is 1.20 bits per heavy atom. The summed E-state index contributed by atoms with van der Waals surface area (Å²) in [5, 5.41) is 12.1. The minimum absolute atomic E-state index is 0.0319. The van der Waals surface area contributed by atoms with Gasteiger partial charge in [0.25, 0.3) is 0 Å². The Morgan fingerprint density at radius 2 is 1.80 bits per heavy atom. The smallest absolute Gasteiger partial charge is 0.410 e. The van der Waals surface area contributed by atoms with E-state index in [1.54, 1.807) is 29.2 Å². The molecule has 9 heteroatoms. The zero-order valence-corrected chi connectivity index (χ0v) is 17.5. The van der Waals surface area contributed by atoms with E-state index in [9.17, 15) is 14.4 Å². The third-order valence-corrected chi connectivity index (χ3v) is 4.53. The number of carboxylic acid groups (broad SMARTS) is 1. The molecule has 0 aliphatic carbocycles. The number of rotatable bonds is 6. The fraction of sp³-hybridized carbons (Fsp3) is 0.476. The van der Waals surface area contributed by atoms with Gasteiger partial charge in [0.2, 0.25) is 0 Å². The maximum Gasteiger partial charge on any atom is 0.410 e. The highest BCUT2D eigenvalue weighted by Gasteiger charge is 2.30. The summed E-state index contributed by atoms with van der Waals surface area (Å²) in [6.07, 6.45) is 1.79. The molecule has 1 fully saturated rings. The largest absolute Gasteiger partial charge is 0.481 e. The number of amides is 1. The number of nitrogens with two attached hydrogens (primary N) is 1. The Morgan fingerprint density at radius 3 is 2.30 bits per heavy atom. The predicted molar refractivity (Wildman–Crippen MR) is 113 cm³/mol. The summed E-state index contributed by atoms with van der Waals surface area (Å²) >= 11 is 0. The number of hydrogen-bond acceptors (Lipinski definition) is 7. The molecule has 1 aromatic rings. The number of carbonyl (C=O) groups is 3. The van der Waals surface area contributed by atoms with Gasteiger partial charge in [-0.05, 0) is 57.9 Å². The van der Waals surface area contributed by atoms with E-state index in [0.717, 1.165) is 0 Å². The maximum absolute atomic E-state index is 12.8. The molecule has 1 aromatic carbocycles. The molecule has 1 aliphatic heterocycles. The number of aliphatic imine (C=N–C) groups is 1. The van der Waals surface area contributed by atoms with Gasteiger partial charge < -0.3 is 20.6 Å². The number of aliphatic carboxylic acids is 1. The number of carboxylic acids is 1. The van der Waals surface area contributed by atoms with Crippen LogP contribution in [0.3, 0.4) is 0 Å². The molecule has 0 spiro atoms. The third kappa shape index (κ3) is 6.98. The number of hydrogen-bond donors (Lipinski definition) is 2. The van der Waals surface area contributed by atoms with Crippen LogP contribution in [-0.4, -0.2) is 58.5 Å². The van der Waals surface area contributed by atoms with Gasteiger partial charge in [0.15, 0.2) is 5.78 Å². The quantitative estimate of drug-likeness (QED) is 0.317. The Kier molecular flexibility index (Phi) is 7.68. The van der Waals surface area contributed by atoms with E-state index in [1.807, 2.05) is 20.8 Å². The average Bonchev–Trinajstić information content (AvgIpc) is 2.69. The van der Waals surface area contributed by atoms with Crippen LogP contribution in [-0.2, 0) is 9.53 Å². The van der Waals surface area contributed by atoms with E-state index in [0.29, 0.717) is 37.2 Å². The van der Waals surface area contributed by atoms with Crippen LogP contribution >= 0.6 is 0 Å². The molecule has 1 saturated heterocycles. The Balaban J connectivity index is 1.92. The zero-order chi connectivity index (χ0) is 22.3. The van der Waals surface area contributed by atoms with Crippen LogP contribution < -0.4 is 5.84 Å². The Hall–Kier alpha value is -3.23. The van der Waals surface area contributed by atoms with Crippen molar-refractivity contribution in [1.82, 2.24) is 4.90 Å². The van der Waals surface area contributed by atoms with E-state index in [4.69, 9.17) is 15.7 Å². The van der Waals surface area contributed by atoms with Crippen molar-refractivity contribution >= 4 is 35.5 Å². The van der Waals surface area contributed by atoms with Crippen molar-refractivity contribution < 1.29 is 24.2 Å². The van der Waals surface area contributed by atoms with Gasteiger partial charge in [-0.3, -0.25) is 14.6 Å². The lowest BCUT2D eigenvalue weighted by Gasteiger charge is -2.33. The second-order valence-corrected chi connectivity index (χ2v) is 8.10. The van der Waals surface area contributed by atoms with E-state index in [2.05, 4.69) is 10.1 Å². The second kappa shape index (κ2) is 10.00. The highest BCUT2D eigenvalue weighted by molar-refractivity contribution is 6.34. The predicted octanol–water partition coefficient (Wildman–Crippen LogP) is 3.01. The van der Waals surface area contributed by atoms with Gasteiger partial charge in [-0.2, -0.15) is 5.10 Å². The number of hydrazone groups is 1. The molecule has 0 unspecified atom stereocenters. The van der Waals surface area contributed by atoms with Gasteiger partial charge in [0, 0.05) is 24.6 Å². The SMILES string of the molecule is CC(C)(C)OC(=O)N1CCC(C(=O)c2ccc(N=CC(CC(=O)O)=NN)cc2)CC1. The first-order valence-corrected chi connectivity index (χ1v) is 9.74. The number of ether oxygens (including phenoxy) is 1. The summed E-state index contributed by atoms with van der Waals surface area (Å²) < 4.78 is 5.38. The van der Waals surface area contributed by atoms with Crippen LogP contribution in [0.1, 0.15) is 50.4 Å². The molecule has 0 saturated carbocycles. The summed E-state index contributed by atoms with van der Waals surface area (Å²) in [6, 6.07) is 6.72. The van der Waals surface area contributed by atoms with E-state index in [1.165, 1.54) is 6.21 Å². The van der Waals surface area contributed by atoms with Crippen molar-refractivity contribution in [3.05, 3.63) is 29.8 Å². The number of piperidine rings is 1. The minimum Gasteiger partial charge on any atom is -0.481 e. The van der Waals surface area contributed by atoms with Crippen LogP contribution in [0.5, 0.6) is 0 Å². The van der Waals surface area contributed by atoms with Crippen molar-refractivity contribution in [3.63, 3.8) is 0 Å². The van der Waals surface area contributed by atoms with Gasteiger partial charge in [0.1, 0.15) is 5.60 Å². The van der Waals surface area contributed by atoms with Crippen molar-refractivity contribution in [2.75, 3.05) is 13.1 Å². The van der Waals surface area contributed by atoms with Gasteiger partial charge in [-0.1, -0.05) is 0 Å². The molecule has 0 aromatic heterocycles. The molecular weight excluding hydrogens is 388 g/mol. The highest BCUT2D eigenvalue weighted by Crippen LogP contribution is 2.24. The summed E-state index contributed by atoms with van der Waals surface area (Å²) in [5.41, 5.74) is 0.721. The summed E-state index contributed by atoms with van der Waals surface area (Å²) in [5.74, 6) is 3.98. The van der Waals surface area contributed by atoms with Gasteiger partial charge >= 0.3 is 12.1 Å². The first kappa shape index (κ1) is 23.1. The highest BCUT2D eigenvalue weighted by atomic mass is 16.6. The lowest BCUT2D eigenvalue weighted by atomic mass is 9.89. The summed E-state index contributed by atoms with van der Waals surface area (Å²) in [4.78, 5) is 41.4. The lowest BCUT2D eigenvalue weighted by Crippen LogP contribution is -2.43. The van der Waals surface area contributed by atoms with Crippen LogP contribution in [0, 0.1) is 5.92 Å². The molecule has 0 bridgehead atoms. The number of likely N-dealkylation sites (tertiary alicyclic amines) is 1. The summed E-state index contributed by atoms with van der Waals surface area (Å²) in [6.45, 7) is 6.44. The second-order valence-electron chi connectivity index (χ2n) is 8.10. The molecule has 9 nitrogen and oxygen atoms in total. The molecular formula is C21H28N4O5. The van der Waals surface area contributed by atoms with Gasteiger partial charge in [0.05, 0.1) is 24.0 Å². The number of nitrogens with zero attached hydrogens (tertiary/aromatic N) is 3. The average molecular weight is 416 g/mol.